The van der Waals surface area contributed by atoms with E-state index in [1.54, 1.807) is 11.4 Å². The van der Waals surface area contributed by atoms with E-state index >= 15 is 0 Å². The molecule has 2 rings (SSSR count). The molecule has 5 nitrogen and oxygen atoms in total. The summed E-state index contributed by atoms with van der Waals surface area (Å²) in [6.07, 6.45) is 2.48. The molecule has 0 saturated carbocycles. The lowest BCUT2D eigenvalue weighted by molar-refractivity contribution is 0.355. The highest BCUT2D eigenvalue weighted by Gasteiger charge is 2.28. The highest BCUT2D eigenvalue weighted by atomic mass is 32.2. The molecule has 1 aromatic rings. The van der Waals surface area contributed by atoms with Gasteiger partial charge in [-0.15, -0.1) is 0 Å². The molecule has 6 heteroatoms. The third kappa shape index (κ3) is 3.38. The van der Waals surface area contributed by atoms with Crippen LogP contribution >= 0.6 is 0 Å². The summed E-state index contributed by atoms with van der Waals surface area (Å²) in [6.45, 7) is 2.01. The van der Waals surface area contributed by atoms with E-state index in [4.69, 9.17) is 5.73 Å². The molecule has 0 aromatic heterocycles. The average molecular weight is 297 g/mol. The van der Waals surface area contributed by atoms with Crippen molar-refractivity contribution in [3.8, 4) is 0 Å². The Morgan fingerprint density at radius 3 is 2.70 bits per heavy atom. The van der Waals surface area contributed by atoms with E-state index < -0.39 is 10.2 Å². The van der Waals surface area contributed by atoms with Crippen molar-refractivity contribution in [3.05, 3.63) is 35.4 Å². The Morgan fingerprint density at radius 1 is 1.30 bits per heavy atom. The maximum atomic E-state index is 12.6. The maximum Gasteiger partial charge on any atom is 0.282 e. The van der Waals surface area contributed by atoms with Crippen molar-refractivity contribution in [2.75, 3.05) is 26.7 Å². The zero-order chi connectivity index (χ0) is 14.6. The zero-order valence-corrected chi connectivity index (χ0v) is 12.8. The van der Waals surface area contributed by atoms with Crippen LogP contribution in [0.5, 0.6) is 0 Å². The zero-order valence-electron chi connectivity index (χ0n) is 12.0. The minimum atomic E-state index is -3.39. The fourth-order valence-electron chi connectivity index (χ4n) is 2.49. The predicted octanol–water partition coefficient (Wildman–Crippen LogP) is 0.960. The fourth-order valence-corrected chi connectivity index (χ4v) is 3.91. The molecule has 1 heterocycles. The quantitative estimate of drug-likeness (QED) is 0.880. The Bertz CT molecular complexity index is 545. The molecular formula is C14H23N3O2S. The van der Waals surface area contributed by atoms with Crippen LogP contribution in [0.1, 0.15) is 24.0 Å². The van der Waals surface area contributed by atoms with Gasteiger partial charge in [-0.3, -0.25) is 0 Å². The largest absolute Gasteiger partial charge is 0.330 e. The summed E-state index contributed by atoms with van der Waals surface area (Å²) in [5, 5.41) is 0. The Kier molecular flexibility index (Phi) is 5.15. The van der Waals surface area contributed by atoms with Gasteiger partial charge in [0.2, 0.25) is 0 Å². The smallest absolute Gasteiger partial charge is 0.282 e. The third-order valence-corrected chi connectivity index (χ3v) is 5.65. The summed E-state index contributed by atoms with van der Waals surface area (Å²) < 4.78 is 28.1. The second-order valence-electron chi connectivity index (χ2n) is 5.18. The number of rotatable bonds is 5. The van der Waals surface area contributed by atoms with E-state index in [0.717, 1.165) is 18.4 Å². The summed E-state index contributed by atoms with van der Waals surface area (Å²) in [5.74, 6) is 0. The van der Waals surface area contributed by atoms with Gasteiger partial charge in [0, 0.05) is 26.7 Å². The summed E-state index contributed by atoms with van der Waals surface area (Å²) in [6, 6.07) is 8.08. The van der Waals surface area contributed by atoms with Gasteiger partial charge in [0.15, 0.2) is 0 Å². The Hall–Kier alpha value is -0.950. The van der Waals surface area contributed by atoms with Crippen LogP contribution in [0.2, 0.25) is 0 Å². The molecule has 0 unspecified atom stereocenters. The van der Waals surface area contributed by atoms with Crippen molar-refractivity contribution in [1.82, 2.24) is 8.61 Å². The molecule has 0 aliphatic carbocycles. The van der Waals surface area contributed by atoms with Crippen molar-refractivity contribution in [1.29, 1.82) is 0 Å². The van der Waals surface area contributed by atoms with Crippen LogP contribution in [0.25, 0.3) is 0 Å². The van der Waals surface area contributed by atoms with E-state index in [0.29, 0.717) is 32.6 Å². The molecule has 0 saturated heterocycles. The van der Waals surface area contributed by atoms with Gasteiger partial charge in [0.1, 0.15) is 0 Å². The first-order chi connectivity index (χ1) is 9.55. The number of aryl methyl sites for hydroxylation is 1. The van der Waals surface area contributed by atoms with Crippen LogP contribution in [0.15, 0.2) is 24.3 Å². The highest BCUT2D eigenvalue weighted by Crippen LogP contribution is 2.21. The number of benzene rings is 1. The topological polar surface area (TPSA) is 66.6 Å². The number of nitrogens with zero attached hydrogens (tertiary/aromatic N) is 2. The van der Waals surface area contributed by atoms with Gasteiger partial charge in [-0.05, 0) is 36.9 Å². The second-order valence-corrected chi connectivity index (χ2v) is 7.21. The minimum Gasteiger partial charge on any atom is -0.330 e. The lowest BCUT2D eigenvalue weighted by Crippen LogP contribution is -2.42. The molecule has 0 fully saturated rings. The molecule has 1 aliphatic rings. The summed E-state index contributed by atoms with van der Waals surface area (Å²) >= 11 is 0. The SMILES string of the molecule is CN(CCCN)S(=O)(=O)N1CCCc2ccccc2C1. The van der Waals surface area contributed by atoms with E-state index in [1.165, 1.54) is 9.87 Å². The summed E-state index contributed by atoms with van der Waals surface area (Å²) in [5.41, 5.74) is 7.82. The standard InChI is InChI=1S/C14H23N3O2S/c1-16(10-5-9-15)20(18,19)17-11-4-8-13-6-2-3-7-14(13)12-17/h2-3,6-7H,4-5,8-12,15H2,1H3. The van der Waals surface area contributed by atoms with Crippen LogP contribution in [-0.4, -0.2) is 43.7 Å². The minimum absolute atomic E-state index is 0.464. The molecular weight excluding hydrogens is 274 g/mol. The van der Waals surface area contributed by atoms with Gasteiger partial charge in [0.25, 0.3) is 10.2 Å². The van der Waals surface area contributed by atoms with Crippen LogP contribution in [-0.2, 0) is 23.2 Å². The molecule has 0 amide bonds. The molecule has 0 spiro atoms. The fraction of sp³-hybridized carbons (Fsp3) is 0.571. The van der Waals surface area contributed by atoms with Crippen molar-refractivity contribution < 1.29 is 8.42 Å². The molecule has 0 radical (unpaired) electrons. The number of hydrogen-bond acceptors (Lipinski definition) is 3. The lowest BCUT2D eigenvalue weighted by Gasteiger charge is -2.26. The first-order valence-electron chi connectivity index (χ1n) is 7.04. The van der Waals surface area contributed by atoms with Gasteiger partial charge >= 0.3 is 0 Å². The third-order valence-electron chi connectivity index (χ3n) is 3.72. The molecule has 20 heavy (non-hydrogen) atoms. The van der Waals surface area contributed by atoms with Crippen LogP contribution in [0, 0.1) is 0 Å². The number of nitrogens with two attached hydrogens (primary N) is 1. The number of hydrogen-bond donors (Lipinski definition) is 1. The van der Waals surface area contributed by atoms with Crippen LogP contribution < -0.4 is 5.73 Å². The van der Waals surface area contributed by atoms with E-state index in [2.05, 4.69) is 6.07 Å². The van der Waals surface area contributed by atoms with Crippen molar-refractivity contribution in [3.63, 3.8) is 0 Å². The first kappa shape index (κ1) is 15.4. The Labute approximate surface area is 121 Å². The molecule has 1 aliphatic heterocycles. The summed E-state index contributed by atoms with van der Waals surface area (Å²) in [4.78, 5) is 0. The Balaban J connectivity index is 2.16. The average Bonchev–Trinajstić information content (AvgIpc) is 2.67. The molecule has 0 atom stereocenters. The molecule has 1 aromatic carbocycles. The number of fused-ring (bicyclic) bond motifs is 1. The summed E-state index contributed by atoms with van der Waals surface area (Å²) in [7, 11) is -1.76. The van der Waals surface area contributed by atoms with Crippen molar-refractivity contribution in [2.45, 2.75) is 25.8 Å². The molecule has 0 bridgehead atoms. The molecule has 112 valence electrons. The van der Waals surface area contributed by atoms with Gasteiger partial charge in [0.05, 0.1) is 0 Å². The Morgan fingerprint density at radius 2 is 2.00 bits per heavy atom. The van der Waals surface area contributed by atoms with Gasteiger partial charge in [-0.2, -0.15) is 17.0 Å². The van der Waals surface area contributed by atoms with E-state index in [1.807, 2.05) is 18.2 Å². The maximum absolute atomic E-state index is 12.6. The predicted molar refractivity (Wildman–Crippen MR) is 80.4 cm³/mol. The van der Waals surface area contributed by atoms with E-state index in [-0.39, 0.29) is 0 Å². The van der Waals surface area contributed by atoms with Crippen LogP contribution in [0.3, 0.4) is 0 Å². The van der Waals surface area contributed by atoms with Crippen molar-refractivity contribution in [2.24, 2.45) is 5.73 Å². The van der Waals surface area contributed by atoms with Gasteiger partial charge in [-0.1, -0.05) is 24.3 Å². The van der Waals surface area contributed by atoms with E-state index in [9.17, 15) is 8.42 Å². The van der Waals surface area contributed by atoms with Crippen molar-refractivity contribution >= 4 is 10.2 Å². The normalized spacial score (nSPS) is 16.9. The van der Waals surface area contributed by atoms with Crippen LogP contribution in [0.4, 0.5) is 0 Å². The van der Waals surface area contributed by atoms with Gasteiger partial charge in [-0.25, -0.2) is 0 Å². The monoisotopic (exact) mass is 297 g/mol. The lowest BCUT2D eigenvalue weighted by atomic mass is 10.0. The highest BCUT2D eigenvalue weighted by molar-refractivity contribution is 7.86. The van der Waals surface area contributed by atoms with Gasteiger partial charge < -0.3 is 5.73 Å². The second kappa shape index (κ2) is 6.67. The molecule has 2 N–H and O–H groups in total. The first-order valence-corrected chi connectivity index (χ1v) is 8.43.